The topological polar surface area (TPSA) is 47.6 Å². The molecule has 0 unspecified atom stereocenters. The first-order valence-corrected chi connectivity index (χ1v) is 10.4. The van der Waals surface area contributed by atoms with Crippen LogP contribution >= 0.6 is 0 Å². The van der Waals surface area contributed by atoms with Crippen LogP contribution in [-0.4, -0.2) is 44.2 Å². The molecule has 1 fully saturated rings. The number of alkyl halides is 3. The van der Waals surface area contributed by atoms with Crippen molar-refractivity contribution in [1.29, 1.82) is 0 Å². The summed E-state index contributed by atoms with van der Waals surface area (Å²) in [6.45, 7) is 2.38. The van der Waals surface area contributed by atoms with Gasteiger partial charge in [-0.2, -0.15) is 13.2 Å². The summed E-state index contributed by atoms with van der Waals surface area (Å²) in [4.78, 5) is 16.4. The Morgan fingerprint density at radius 2 is 1.74 bits per heavy atom. The third kappa shape index (κ3) is 6.89. The Balaban J connectivity index is 1.42. The minimum Gasteiger partial charge on any atom is -0.378 e. The van der Waals surface area contributed by atoms with Crippen molar-refractivity contribution in [3.63, 3.8) is 0 Å². The zero-order valence-electron chi connectivity index (χ0n) is 17.9. The molecule has 2 aromatic rings. The fraction of sp³-hybridized carbons (Fsp3) is 0.435. The van der Waals surface area contributed by atoms with Gasteiger partial charge in [0.15, 0.2) is 0 Å². The maximum absolute atomic E-state index is 12.9. The van der Waals surface area contributed by atoms with Gasteiger partial charge < -0.3 is 15.5 Å². The van der Waals surface area contributed by atoms with E-state index in [0.717, 1.165) is 43.2 Å². The second-order valence-corrected chi connectivity index (χ2v) is 8.14. The van der Waals surface area contributed by atoms with E-state index in [9.17, 15) is 18.0 Å². The first-order valence-electron chi connectivity index (χ1n) is 10.4. The van der Waals surface area contributed by atoms with Gasteiger partial charge in [-0.15, -0.1) is 0 Å². The number of benzene rings is 2. The lowest BCUT2D eigenvalue weighted by Gasteiger charge is -2.32. The molecule has 0 bridgehead atoms. The standard InChI is InChI=1S/C23H29F3N4O/c1-29(2)21-8-4-5-17(14-21)15-27-22(31)28-20-9-11-30(12-10-20)16-18-6-3-7-19(13-18)23(24,25)26/h3-8,13-14,20H,9-12,15-16H2,1-2H3,(H2,27,28,31). The molecule has 0 aromatic heterocycles. The number of urea groups is 1. The van der Waals surface area contributed by atoms with Gasteiger partial charge in [-0.3, -0.25) is 4.90 Å². The number of nitrogens with one attached hydrogen (secondary N) is 2. The predicted molar refractivity (Wildman–Crippen MR) is 116 cm³/mol. The lowest BCUT2D eigenvalue weighted by molar-refractivity contribution is -0.137. The van der Waals surface area contributed by atoms with Crippen LogP contribution in [0.4, 0.5) is 23.7 Å². The molecule has 31 heavy (non-hydrogen) atoms. The minimum absolute atomic E-state index is 0.0610. The molecule has 0 saturated carbocycles. The summed E-state index contributed by atoms with van der Waals surface area (Å²) in [5.41, 5.74) is 2.14. The van der Waals surface area contributed by atoms with Crippen molar-refractivity contribution in [3.8, 4) is 0 Å². The van der Waals surface area contributed by atoms with Crippen LogP contribution in [0.3, 0.4) is 0 Å². The molecule has 2 amide bonds. The molecule has 1 heterocycles. The first-order chi connectivity index (χ1) is 14.7. The van der Waals surface area contributed by atoms with Crippen LogP contribution in [-0.2, 0) is 19.3 Å². The molecule has 1 aliphatic rings. The molecule has 1 aliphatic heterocycles. The second-order valence-electron chi connectivity index (χ2n) is 8.14. The maximum atomic E-state index is 12.9. The number of likely N-dealkylation sites (tertiary alicyclic amines) is 1. The van der Waals surface area contributed by atoms with Crippen molar-refractivity contribution >= 4 is 11.7 Å². The third-order valence-electron chi connectivity index (χ3n) is 5.46. The van der Waals surface area contributed by atoms with Gasteiger partial charge in [0.2, 0.25) is 0 Å². The van der Waals surface area contributed by atoms with Gasteiger partial charge in [0, 0.05) is 52.0 Å². The number of carbonyl (C=O) groups excluding carboxylic acids is 1. The maximum Gasteiger partial charge on any atom is 0.416 e. The average Bonchev–Trinajstić information content (AvgIpc) is 2.73. The Morgan fingerprint density at radius 3 is 2.42 bits per heavy atom. The largest absolute Gasteiger partial charge is 0.416 e. The fourth-order valence-electron chi connectivity index (χ4n) is 3.70. The van der Waals surface area contributed by atoms with E-state index in [1.807, 2.05) is 43.3 Å². The number of nitrogens with zero attached hydrogens (tertiary/aromatic N) is 2. The summed E-state index contributed by atoms with van der Waals surface area (Å²) < 4.78 is 38.7. The van der Waals surface area contributed by atoms with Crippen molar-refractivity contribution in [1.82, 2.24) is 15.5 Å². The second kappa shape index (κ2) is 10.0. The first kappa shape index (κ1) is 22.9. The smallest absolute Gasteiger partial charge is 0.378 e. The highest BCUT2D eigenvalue weighted by atomic mass is 19.4. The van der Waals surface area contributed by atoms with Gasteiger partial charge in [0.05, 0.1) is 5.56 Å². The Bertz CT molecular complexity index is 877. The van der Waals surface area contributed by atoms with Crippen molar-refractivity contribution < 1.29 is 18.0 Å². The average molecular weight is 435 g/mol. The number of hydrogen-bond donors (Lipinski definition) is 2. The van der Waals surface area contributed by atoms with E-state index in [4.69, 9.17) is 0 Å². The lowest BCUT2D eigenvalue weighted by Crippen LogP contribution is -2.47. The van der Waals surface area contributed by atoms with Crippen LogP contribution in [0.25, 0.3) is 0 Å². The fourth-order valence-corrected chi connectivity index (χ4v) is 3.70. The van der Waals surface area contributed by atoms with Gasteiger partial charge in [-0.1, -0.05) is 30.3 Å². The van der Waals surface area contributed by atoms with Crippen LogP contribution < -0.4 is 15.5 Å². The summed E-state index contributed by atoms with van der Waals surface area (Å²) in [6.07, 6.45) is -2.79. The summed E-state index contributed by atoms with van der Waals surface area (Å²) in [5.74, 6) is 0. The van der Waals surface area contributed by atoms with Crippen molar-refractivity contribution in [3.05, 3.63) is 65.2 Å². The van der Waals surface area contributed by atoms with Crippen LogP contribution in [0.5, 0.6) is 0 Å². The number of halogens is 3. The summed E-state index contributed by atoms with van der Waals surface area (Å²) in [6, 6.07) is 13.3. The molecule has 8 heteroatoms. The van der Waals surface area contributed by atoms with E-state index in [2.05, 4.69) is 15.5 Å². The van der Waals surface area contributed by atoms with Crippen LogP contribution in [0.1, 0.15) is 29.5 Å². The van der Waals surface area contributed by atoms with Gasteiger partial charge in [-0.05, 0) is 42.2 Å². The summed E-state index contributed by atoms with van der Waals surface area (Å²) >= 11 is 0. The normalized spacial score (nSPS) is 15.5. The highest BCUT2D eigenvalue weighted by Crippen LogP contribution is 2.30. The number of carbonyl (C=O) groups is 1. The molecule has 3 rings (SSSR count). The van der Waals surface area contributed by atoms with E-state index >= 15 is 0 Å². The van der Waals surface area contributed by atoms with E-state index < -0.39 is 11.7 Å². The third-order valence-corrected chi connectivity index (χ3v) is 5.46. The molecule has 0 radical (unpaired) electrons. The molecular formula is C23H29F3N4O. The van der Waals surface area contributed by atoms with Crippen LogP contribution in [0.2, 0.25) is 0 Å². The molecule has 1 saturated heterocycles. The number of anilines is 1. The molecule has 0 aliphatic carbocycles. The Kier molecular flexibility index (Phi) is 7.43. The predicted octanol–water partition coefficient (Wildman–Crippen LogP) is 4.24. The highest BCUT2D eigenvalue weighted by molar-refractivity contribution is 5.74. The monoisotopic (exact) mass is 434 g/mol. The zero-order valence-corrected chi connectivity index (χ0v) is 17.9. The number of rotatable bonds is 6. The SMILES string of the molecule is CN(C)c1cccc(CNC(=O)NC2CCN(Cc3cccc(C(F)(F)F)c3)CC2)c1. The number of amides is 2. The molecule has 2 aromatic carbocycles. The van der Waals surface area contributed by atoms with Gasteiger partial charge in [0.25, 0.3) is 0 Å². The Hall–Kier alpha value is -2.74. The molecule has 0 spiro atoms. The van der Waals surface area contributed by atoms with Crippen LogP contribution in [0.15, 0.2) is 48.5 Å². The highest BCUT2D eigenvalue weighted by Gasteiger charge is 2.30. The van der Waals surface area contributed by atoms with E-state index in [1.54, 1.807) is 6.07 Å². The Morgan fingerprint density at radius 1 is 1.06 bits per heavy atom. The summed E-state index contributed by atoms with van der Waals surface area (Å²) in [7, 11) is 3.94. The van der Waals surface area contributed by atoms with E-state index in [-0.39, 0.29) is 12.1 Å². The summed E-state index contributed by atoms with van der Waals surface area (Å²) in [5, 5.41) is 5.90. The Labute approximate surface area is 181 Å². The van der Waals surface area contributed by atoms with Gasteiger partial charge in [0.1, 0.15) is 0 Å². The van der Waals surface area contributed by atoms with Crippen molar-refractivity contribution in [2.75, 3.05) is 32.1 Å². The van der Waals surface area contributed by atoms with Crippen molar-refractivity contribution in [2.24, 2.45) is 0 Å². The van der Waals surface area contributed by atoms with E-state index in [1.165, 1.54) is 12.1 Å². The molecule has 2 N–H and O–H groups in total. The van der Waals surface area contributed by atoms with Crippen LogP contribution in [0, 0.1) is 0 Å². The van der Waals surface area contributed by atoms with E-state index in [0.29, 0.717) is 18.7 Å². The molecular weight excluding hydrogens is 405 g/mol. The lowest BCUT2D eigenvalue weighted by atomic mass is 10.0. The van der Waals surface area contributed by atoms with Crippen molar-refractivity contribution in [2.45, 2.75) is 38.1 Å². The van der Waals surface area contributed by atoms with Gasteiger partial charge in [-0.25, -0.2) is 4.79 Å². The molecule has 5 nitrogen and oxygen atoms in total. The number of hydrogen-bond acceptors (Lipinski definition) is 3. The number of piperidine rings is 1. The molecule has 168 valence electrons. The zero-order chi connectivity index (χ0) is 22.4. The minimum atomic E-state index is -4.33. The molecule has 0 atom stereocenters. The quantitative estimate of drug-likeness (QED) is 0.715. The van der Waals surface area contributed by atoms with Gasteiger partial charge >= 0.3 is 12.2 Å².